The van der Waals surface area contributed by atoms with Crippen molar-refractivity contribution in [1.29, 1.82) is 0 Å². The van der Waals surface area contributed by atoms with Gasteiger partial charge in [-0.2, -0.15) is 0 Å². The number of aromatic nitrogens is 2. The van der Waals surface area contributed by atoms with E-state index in [1.807, 2.05) is 44.4 Å². The third-order valence-electron chi connectivity index (χ3n) is 3.83. The highest BCUT2D eigenvalue weighted by Crippen LogP contribution is 2.34. The summed E-state index contributed by atoms with van der Waals surface area (Å²) in [6.07, 6.45) is 1.60. The normalized spacial score (nSPS) is 11.7. The summed E-state index contributed by atoms with van der Waals surface area (Å²) in [5, 5.41) is 12.6. The summed E-state index contributed by atoms with van der Waals surface area (Å²) < 4.78 is 2.38. The third-order valence-corrected chi connectivity index (χ3v) is 4.82. The Morgan fingerprint density at radius 2 is 1.84 bits per heavy atom. The second-order valence-electron chi connectivity index (χ2n) is 6.88. The van der Waals surface area contributed by atoms with E-state index in [2.05, 4.69) is 10.3 Å². The monoisotopic (exact) mass is 357 g/mol. The summed E-state index contributed by atoms with van der Waals surface area (Å²) >= 11 is 1.17. The van der Waals surface area contributed by atoms with Crippen molar-refractivity contribution in [1.82, 2.24) is 9.55 Å². The van der Waals surface area contributed by atoms with Gasteiger partial charge in [0.05, 0.1) is 10.3 Å². The van der Waals surface area contributed by atoms with Gasteiger partial charge in [0.2, 0.25) is 0 Å². The lowest BCUT2D eigenvalue weighted by Gasteiger charge is -2.21. The van der Waals surface area contributed by atoms with Gasteiger partial charge < -0.3 is 9.67 Å². The zero-order chi connectivity index (χ0) is 18.4. The number of hydrogen-bond acceptors (Lipinski definition) is 4. The molecule has 1 amide bonds. The largest absolute Gasteiger partial charge is 0.478 e. The molecule has 6 nitrogen and oxygen atoms in total. The maximum atomic E-state index is 12.4. The fourth-order valence-corrected chi connectivity index (χ4v) is 3.45. The van der Waals surface area contributed by atoms with E-state index >= 15 is 0 Å². The van der Waals surface area contributed by atoms with Crippen molar-refractivity contribution < 1.29 is 14.7 Å². The van der Waals surface area contributed by atoms with Crippen LogP contribution < -0.4 is 5.32 Å². The van der Waals surface area contributed by atoms with Crippen LogP contribution in [0.3, 0.4) is 0 Å². The second-order valence-corrected chi connectivity index (χ2v) is 7.88. The standard InChI is InChI=1S/C18H19N3O3S/c1-10-5-7-11(8-6-10)15(22)20-17-19-14-13(25-17)12(16(23)24)9-21(14)18(2,3)4/h5-9H,1-4H3,(H,23,24)(H,19,20,22). The number of aryl methyl sites for hydroxylation is 1. The second kappa shape index (κ2) is 6.00. The van der Waals surface area contributed by atoms with Crippen LogP contribution in [0.4, 0.5) is 5.13 Å². The predicted octanol–water partition coefficient (Wildman–Crippen LogP) is 4.11. The number of carbonyl (C=O) groups is 2. The molecule has 0 aliphatic rings. The summed E-state index contributed by atoms with van der Waals surface area (Å²) in [6, 6.07) is 7.22. The van der Waals surface area contributed by atoms with Crippen molar-refractivity contribution in [2.45, 2.75) is 33.2 Å². The van der Waals surface area contributed by atoms with Crippen molar-refractivity contribution in [3.05, 3.63) is 47.2 Å². The number of nitrogens with one attached hydrogen (secondary N) is 1. The highest BCUT2D eigenvalue weighted by molar-refractivity contribution is 7.22. The Bertz CT molecular complexity index is 962. The molecule has 0 fully saturated rings. The number of carbonyl (C=O) groups excluding carboxylic acids is 1. The van der Waals surface area contributed by atoms with Crippen LogP contribution in [-0.4, -0.2) is 26.5 Å². The van der Waals surface area contributed by atoms with Gasteiger partial charge in [-0.15, -0.1) is 0 Å². The molecule has 0 aliphatic carbocycles. The van der Waals surface area contributed by atoms with Crippen molar-refractivity contribution in [3.8, 4) is 0 Å². The molecule has 0 saturated heterocycles. The van der Waals surface area contributed by atoms with Gasteiger partial charge in [-0.3, -0.25) is 10.1 Å². The Balaban J connectivity index is 1.99. The first kappa shape index (κ1) is 17.2. The zero-order valence-electron chi connectivity index (χ0n) is 14.5. The van der Waals surface area contributed by atoms with Gasteiger partial charge in [0, 0.05) is 17.3 Å². The van der Waals surface area contributed by atoms with Crippen LogP contribution in [-0.2, 0) is 5.54 Å². The van der Waals surface area contributed by atoms with Crippen molar-refractivity contribution in [2.24, 2.45) is 0 Å². The number of thiazole rings is 1. The molecule has 2 heterocycles. The van der Waals surface area contributed by atoms with Crippen LogP contribution in [0, 0.1) is 6.92 Å². The first-order valence-electron chi connectivity index (χ1n) is 7.80. The Morgan fingerprint density at radius 1 is 1.20 bits per heavy atom. The first-order valence-corrected chi connectivity index (χ1v) is 8.62. The number of nitrogens with zero attached hydrogens (tertiary/aromatic N) is 2. The molecule has 0 aliphatic heterocycles. The van der Waals surface area contributed by atoms with E-state index in [9.17, 15) is 14.7 Å². The van der Waals surface area contributed by atoms with Crippen LogP contribution in [0.5, 0.6) is 0 Å². The summed E-state index contributed by atoms with van der Waals surface area (Å²) in [4.78, 5) is 28.3. The number of amides is 1. The van der Waals surface area contributed by atoms with E-state index in [4.69, 9.17) is 0 Å². The maximum Gasteiger partial charge on any atom is 0.338 e. The Kier molecular flexibility index (Phi) is 4.12. The molecule has 0 unspecified atom stereocenters. The summed E-state index contributed by atoms with van der Waals surface area (Å²) in [7, 11) is 0. The fraction of sp³-hybridized carbons (Fsp3) is 0.278. The maximum absolute atomic E-state index is 12.4. The molecule has 7 heteroatoms. The molecule has 3 rings (SSSR count). The summed E-state index contributed by atoms with van der Waals surface area (Å²) in [5.41, 5.74) is 2.04. The topological polar surface area (TPSA) is 84.2 Å². The molecule has 0 radical (unpaired) electrons. The lowest BCUT2D eigenvalue weighted by atomic mass is 10.1. The van der Waals surface area contributed by atoms with Gasteiger partial charge in [0.25, 0.3) is 5.91 Å². The Labute approximate surface area is 149 Å². The van der Waals surface area contributed by atoms with Crippen LogP contribution in [0.1, 0.15) is 47.1 Å². The number of carboxylic acids is 1. The highest BCUT2D eigenvalue weighted by atomic mass is 32.1. The van der Waals surface area contributed by atoms with E-state index in [0.717, 1.165) is 5.56 Å². The first-order chi connectivity index (χ1) is 11.7. The molecular formula is C18H19N3O3S. The number of anilines is 1. The number of aromatic carboxylic acids is 1. The Hall–Kier alpha value is -2.67. The smallest absolute Gasteiger partial charge is 0.338 e. The lowest BCUT2D eigenvalue weighted by molar-refractivity contribution is 0.0698. The number of hydrogen-bond donors (Lipinski definition) is 2. The minimum atomic E-state index is -1.01. The minimum absolute atomic E-state index is 0.193. The van der Waals surface area contributed by atoms with Gasteiger partial charge in [-0.05, 0) is 39.8 Å². The average molecular weight is 357 g/mol. The van der Waals surface area contributed by atoms with Gasteiger partial charge >= 0.3 is 5.97 Å². The molecule has 0 atom stereocenters. The van der Waals surface area contributed by atoms with Crippen LogP contribution in [0.15, 0.2) is 30.5 Å². The fourth-order valence-electron chi connectivity index (χ4n) is 2.49. The predicted molar refractivity (Wildman–Crippen MR) is 98.7 cm³/mol. The van der Waals surface area contributed by atoms with Gasteiger partial charge in [-0.1, -0.05) is 29.0 Å². The van der Waals surface area contributed by atoms with Crippen LogP contribution in [0.25, 0.3) is 10.3 Å². The highest BCUT2D eigenvalue weighted by Gasteiger charge is 2.25. The van der Waals surface area contributed by atoms with Gasteiger partial charge in [-0.25, -0.2) is 9.78 Å². The van der Waals surface area contributed by atoms with Crippen LogP contribution in [0.2, 0.25) is 0 Å². The summed E-state index contributed by atoms with van der Waals surface area (Å²) in [5.74, 6) is -1.27. The molecule has 0 bridgehead atoms. The van der Waals surface area contributed by atoms with E-state index in [1.165, 1.54) is 11.3 Å². The zero-order valence-corrected chi connectivity index (χ0v) is 15.3. The number of carboxylic acid groups (broad SMARTS) is 1. The van der Waals surface area contributed by atoms with E-state index in [0.29, 0.717) is 21.0 Å². The molecule has 0 spiro atoms. The SMILES string of the molecule is Cc1ccc(C(=O)Nc2nc3c(s2)c(C(=O)O)cn3C(C)(C)C)cc1. The lowest BCUT2D eigenvalue weighted by Crippen LogP contribution is -2.21. The van der Waals surface area contributed by atoms with Gasteiger partial charge in [0.1, 0.15) is 0 Å². The van der Waals surface area contributed by atoms with Crippen molar-refractivity contribution >= 4 is 38.7 Å². The molecule has 0 saturated carbocycles. The third kappa shape index (κ3) is 3.28. The Morgan fingerprint density at radius 3 is 2.40 bits per heavy atom. The number of fused-ring (bicyclic) bond motifs is 1. The number of benzene rings is 1. The summed E-state index contributed by atoms with van der Waals surface area (Å²) in [6.45, 7) is 7.87. The average Bonchev–Trinajstić information content (AvgIpc) is 3.04. The van der Waals surface area contributed by atoms with Crippen molar-refractivity contribution in [2.75, 3.05) is 5.32 Å². The van der Waals surface area contributed by atoms with E-state index in [-0.39, 0.29) is 17.0 Å². The molecule has 3 aromatic rings. The molecule has 130 valence electrons. The quantitative estimate of drug-likeness (QED) is 0.739. The molecular weight excluding hydrogens is 338 g/mol. The number of rotatable bonds is 3. The van der Waals surface area contributed by atoms with E-state index < -0.39 is 5.97 Å². The van der Waals surface area contributed by atoms with Gasteiger partial charge in [0.15, 0.2) is 10.8 Å². The van der Waals surface area contributed by atoms with Crippen molar-refractivity contribution in [3.63, 3.8) is 0 Å². The van der Waals surface area contributed by atoms with E-state index in [1.54, 1.807) is 18.3 Å². The van der Waals surface area contributed by atoms with Crippen LogP contribution >= 0.6 is 11.3 Å². The molecule has 2 aromatic heterocycles. The molecule has 2 N–H and O–H groups in total. The molecule has 1 aromatic carbocycles. The minimum Gasteiger partial charge on any atom is -0.478 e. The molecule has 25 heavy (non-hydrogen) atoms.